The molecule has 0 saturated heterocycles. The normalized spacial score (nSPS) is 11.0. The van der Waals surface area contributed by atoms with Gasteiger partial charge in [-0.15, -0.1) is 0 Å². The molecular formula is C19H19F3N2O3. The fraction of sp³-hybridized carbons (Fsp3) is 0.263. The van der Waals surface area contributed by atoms with E-state index in [4.69, 9.17) is 4.74 Å². The van der Waals surface area contributed by atoms with E-state index in [9.17, 15) is 22.8 Å². The van der Waals surface area contributed by atoms with Crippen molar-refractivity contribution in [2.75, 3.05) is 13.2 Å². The summed E-state index contributed by atoms with van der Waals surface area (Å²) in [5.74, 6) is -0.593. The van der Waals surface area contributed by atoms with E-state index >= 15 is 0 Å². The third-order valence-corrected chi connectivity index (χ3v) is 3.59. The molecule has 2 aromatic rings. The average Bonchev–Trinajstić information content (AvgIpc) is 2.64. The van der Waals surface area contributed by atoms with Gasteiger partial charge in [-0.25, -0.2) is 0 Å². The molecule has 5 nitrogen and oxygen atoms in total. The molecule has 2 amide bonds. The Kier molecular flexibility index (Phi) is 6.81. The molecule has 0 atom stereocenters. The van der Waals surface area contributed by atoms with Gasteiger partial charge in [-0.3, -0.25) is 9.59 Å². The number of ether oxygens (including phenoxy) is 1. The van der Waals surface area contributed by atoms with Gasteiger partial charge in [0.15, 0.2) is 0 Å². The van der Waals surface area contributed by atoms with Crippen LogP contribution in [0.1, 0.15) is 28.4 Å². The van der Waals surface area contributed by atoms with Crippen molar-refractivity contribution in [2.45, 2.75) is 19.6 Å². The second kappa shape index (κ2) is 9.07. The van der Waals surface area contributed by atoms with E-state index in [1.54, 1.807) is 31.2 Å². The van der Waals surface area contributed by atoms with Crippen molar-refractivity contribution < 1.29 is 27.5 Å². The van der Waals surface area contributed by atoms with Crippen LogP contribution in [0.5, 0.6) is 5.75 Å². The summed E-state index contributed by atoms with van der Waals surface area (Å²) in [6, 6.07) is 11.3. The first-order valence-corrected chi connectivity index (χ1v) is 8.24. The summed E-state index contributed by atoms with van der Waals surface area (Å²) in [5, 5.41) is 4.93. The summed E-state index contributed by atoms with van der Waals surface area (Å²) >= 11 is 0. The molecule has 0 saturated carbocycles. The number of alkyl halides is 3. The molecule has 0 bridgehead atoms. The van der Waals surface area contributed by atoms with Crippen molar-refractivity contribution >= 4 is 11.8 Å². The Labute approximate surface area is 154 Å². The average molecular weight is 380 g/mol. The number of halogens is 3. The second-order valence-corrected chi connectivity index (χ2v) is 5.59. The number of hydrogen-bond donors (Lipinski definition) is 2. The molecular weight excluding hydrogens is 361 g/mol. The lowest BCUT2D eigenvalue weighted by molar-refractivity contribution is -0.137. The standard InChI is InChI=1S/C19H19F3N2O3/c1-2-27-16-9-4-3-8-15(16)18(26)24-12-17(25)23-11-13-6-5-7-14(10-13)19(20,21)22/h3-10H,2,11-12H2,1H3,(H,23,25)(H,24,26). The van der Waals surface area contributed by atoms with Crippen molar-refractivity contribution in [3.63, 3.8) is 0 Å². The van der Waals surface area contributed by atoms with Gasteiger partial charge in [0.2, 0.25) is 5.91 Å². The fourth-order valence-electron chi connectivity index (χ4n) is 2.31. The predicted octanol–water partition coefficient (Wildman–Crippen LogP) is 3.15. The molecule has 2 rings (SSSR count). The Bertz CT molecular complexity index is 807. The molecule has 0 unspecified atom stereocenters. The highest BCUT2D eigenvalue weighted by Gasteiger charge is 2.30. The van der Waals surface area contributed by atoms with Crippen LogP contribution in [-0.4, -0.2) is 25.0 Å². The summed E-state index contributed by atoms with van der Waals surface area (Å²) in [5.41, 5.74) is -0.175. The second-order valence-electron chi connectivity index (χ2n) is 5.59. The van der Waals surface area contributed by atoms with Gasteiger partial charge in [0.1, 0.15) is 5.75 Å². The summed E-state index contributed by atoms with van der Waals surface area (Å²) in [4.78, 5) is 24.0. The van der Waals surface area contributed by atoms with E-state index in [0.717, 1.165) is 12.1 Å². The lowest BCUT2D eigenvalue weighted by Gasteiger charge is -2.11. The smallest absolute Gasteiger partial charge is 0.416 e. The Morgan fingerprint density at radius 2 is 1.78 bits per heavy atom. The fourth-order valence-corrected chi connectivity index (χ4v) is 2.31. The zero-order valence-electron chi connectivity index (χ0n) is 14.6. The Morgan fingerprint density at radius 3 is 2.48 bits per heavy atom. The van der Waals surface area contributed by atoms with Gasteiger partial charge < -0.3 is 15.4 Å². The molecule has 0 heterocycles. The lowest BCUT2D eigenvalue weighted by Crippen LogP contribution is -2.36. The van der Waals surface area contributed by atoms with Gasteiger partial charge >= 0.3 is 6.18 Å². The number of rotatable bonds is 7. The maximum absolute atomic E-state index is 12.7. The molecule has 0 aliphatic rings. The summed E-state index contributed by atoms with van der Waals surface area (Å²) in [6.07, 6.45) is -4.44. The van der Waals surface area contributed by atoms with Crippen LogP contribution >= 0.6 is 0 Å². The summed E-state index contributed by atoms with van der Waals surface area (Å²) in [7, 11) is 0. The first-order chi connectivity index (χ1) is 12.8. The summed E-state index contributed by atoms with van der Waals surface area (Å²) in [6.45, 7) is 1.80. The molecule has 0 spiro atoms. The number of para-hydroxylation sites is 1. The predicted molar refractivity (Wildman–Crippen MR) is 93.2 cm³/mol. The van der Waals surface area contributed by atoms with Crippen molar-refractivity contribution in [2.24, 2.45) is 0 Å². The Morgan fingerprint density at radius 1 is 1.04 bits per heavy atom. The van der Waals surface area contributed by atoms with Crippen LogP contribution in [0, 0.1) is 0 Å². The van der Waals surface area contributed by atoms with Crippen molar-refractivity contribution in [1.29, 1.82) is 0 Å². The van der Waals surface area contributed by atoms with Crippen LogP contribution in [0.2, 0.25) is 0 Å². The number of hydrogen-bond acceptors (Lipinski definition) is 3. The van der Waals surface area contributed by atoms with Crippen molar-refractivity contribution in [1.82, 2.24) is 10.6 Å². The quantitative estimate of drug-likeness (QED) is 0.776. The third kappa shape index (κ3) is 6.02. The first kappa shape index (κ1) is 20.3. The molecule has 0 aliphatic carbocycles. The van der Waals surface area contributed by atoms with Gasteiger partial charge in [0.05, 0.1) is 24.3 Å². The van der Waals surface area contributed by atoms with Crippen molar-refractivity contribution in [3.8, 4) is 5.75 Å². The van der Waals surface area contributed by atoms with Crippen LogP contribution in [0.25, 0.3) is 0 Å². The highest BCUT2D eigenvalue weighted by atomic mass is 19.4. The number of benzene rings is 2. The largest absolute Gasteiger partial charge is 0.493 e. The van der Waals surface area contributed by atoms with E-state index in [2.05, 4.69) is 10.6 Å². The molecule has 0 aliphatic heterocycles. The van der Waals surface area contributed by atoms with Crippen LogP contribution < -0.4 is 15.4 Å². The maximum atomic E-state index is 12.7. The first-order valence-electron chi connectivity index (χ1n) is 8.24. The monoisotopic (exact) mass is 380 g/mol. The van der Waals surface area contributed by atoms with Gasteiger partial charge in [0.25, 0.3) is 5.91 Å². The zero-order chi connectivity index (χ0) is 19.9. The van der Waals surface area contributed by atoms with E-state index in [1.165, 1.54) is 12.1 Å². The minimum absolute atomic E-state index is 0.0752. The molecule has 0 fully saturated rings. The number of carbonyl (C=O) groups excluding carboxylic acids is 2. The topological polar surface area (TPSA) is 67.4 Å². The van der Waals surface area contributed by atoms with E-state index in [0.29, 0.717) is 23.5 Å². The minimum Gasteiger partial charge on any atom is -0.493 e. The van der Waals surface area contributed by atoms with E-state index < -0.39 is 23.6 Å². The molecule has 8 heteroatoms. The minimum atomic E-state index is -4.44. The number of nitrogens with one attached hydrogen (secondary N) is 2. The maximum Gasteiger partial charge on any atom is 0.416 e. The summed E-state index contributed by atoms with van der Waals surface area (Å²) < 4.78 is 43.4. The van der Waals surface area contributed by atoms with Crippen molar-refractivity contribution in [3.05, 3.63) is 65.2 Å². The molecule has 0 radical (unpaired) electrons. The zero-order valence-corrected chi connectivity index (χ0v) is 14.6. The van der Waals surface area contributed by atoms with Gasteiger partial charge in [-0.05, 0) is 36.8 Å². The molecule has 27 heavy (non-hydrogen) atoms. The Hall–Kier alpha value is -3.03. The third-order valence-electron chi connectivity index (χ3n) is 3.59. The van der Waals surface area contributed by atoms with Gasteiger partial charge in [-0.1, -0.05) is 24.3 Å². The number of carbonyl (C=O) groups is 2. The van der Waals surface area contributed by atoms with Crippen LogP contribution in [-0.2, 0) is 17.5 Å². The molecule has 2 N–H and O–H groups in total. The highest BCUT2D eigenvalue weighted by Crippen LogP contribution is 2.29. The highest BCUT2D eigenvalue weighted by molar-refractivity contribution is 5.98. The van der Waals surface area contributed by atoms with Gasteiger partial charge in [0, 0.05) is 6.54 Å². The van der Waals surface area contributed by atoms with E-state index in [-0.39, 0.29) is 13.1 Å². The van der Waals surface area contributed by atoms with Gasteiger partial charge in [-0.2, -0.15) is 13.2 Å². The van der Waals surface area contributed by atoms with Crippen LogP contribution in [0.3, 0.4) is 0 Å². The van der Waals surface area contributed by atoms with E-state index in [1.807, 2.05) is 0 Å². The lowest BCUT2D eigenvalue weighted by atomic mass is 10.1. The molecule has 0 aromatic heterocycles. The SMILES string of the molecule is CCOc1ccccc1C(=O)NCC(=O)NCc1cccc(C(F)(F)F)c1. The Balaban J connectivity index is 1.87. The molecule has 144 valence electrons. The van der Waals surface area contributed by atoms with Crippen LogP contribution in [0.15, 0.2) is 48.5 Å². The van der Waals surface area contributed by atoms with Crippen LogP contribution in [0.4, 0.5) is 13.2 Å². The number of amides is 2. The molecule has 2 aromatic carbocycles.